The summed E-state index contributed by atoms with van der Waals surface area (Å²) in [5.74, 6) is 2.15. The van der Waals surface area contributed by atoms with Gasteiger partial charge in [0.25, 0.3) is 0 Å². The van der Waals surface area contributed by atoms with Gasteiger partial charge in [-0.05, 0) is 72.8 Å². The predicted molar refractivity (Wildman–Crippen MR) is 321 cm³/mol. The van der Waals surface area contributed by atoms with Gasteiger partial charge in [0.1, 0.15) is 35.7 Å². The van der Waals surface area contributed by atoms with Gasteiger partial charge in [0.15, 0.2) is 22.6 Å². The Labute approximate surface area is 491 Å². The van der Waals surface area contributed by atoms with Crippen molar-refractivity contribution < 1.29 is 38.1 Å². The highest BCUT2D eigenvalue weighted by Gasteiger charge is 2.22. The molecule has 2 aliphatic rings. The minimum atomic E-state index is -0.562. The monoisotopic (exact) mass is 1180 g/mol. The molecule has 1 amide bonds. The number of esters is 2. The Morgan fingerprint density at radius 2 is 0.952 bits per heavy atom. The molecule has 24 nitrogen and oxygen atoms in total. The maximum atomic E-state index is 11.6. The van der Waals surface area contributed by atoms with E-state index >= 15 is 0 Å². The number of amides is 1. The van der Waals surface area contributed by atoms with E-state index in [1.165, 1.54) is 19.5 Å². The second kappa shape index (κ2) is 25.6. The van der Waals surface area contributed by atoms with Crippen LogP contribution in [0.5, 0.6) is 23.0 Å². The van der Waals surface area contributed by atoms with Crippen LogP contribution in [0, 0.1) is 0 Å². The van der Waals surface area contributed by atoms with E-state index < -0.39 is 11.9 Å². The Kier molecular flexibility index (Phi) is 17.6. The number of aromatic nitrogens is 10. The number of anilines is 6. The lowest BCUT2D eigenvalue weighted by Crippen LogP contribution is -2.48. The summed E-state index contributed by atoms with van der Waals surface area (Å²) < 4.78 is 29.4. The quantitative estimate of drug-likeness (QED) is 0.0763. The summed E-state index contributed by atoms with van der Waals surface area (Å²) in [5.41, 5.74) is 9.51. The lowest BCUT2D eigenvalue weighted by Gasteiger charge is -2.35. The summed E-state index contributed by atoms with van der Waals surface area (Å²) in [6, 6.07) is 27.5. The van der Waals surface area contributed by atoms with E-state index in [1.807, 2.05) is 62.2 Å². The average Bonchev–Trinajstić information content (AvgIpc) is 4.03. The Morgan fingerprint density at radius 3 is 1.33 bits per heavy atom. The molecule has 0 atom stereocenters. The van der Waals surface area contributed by atoms with Crippen molar-refractivity contribution in [2.45, 2.75) is 20.8 Å². The van der Waals surface area contributed by atoms with Crippen molar-refractivity contribution >= 4 is 109 Å². The molecule has 2 aliphatic heterocycles. The normalized spacial score (nSPS) is 13.2. The zero-order valence-corrected chi connectivity index (χ0v) is 48.4. The average molecular weight is 1180 g/mol. The molecule has 0 radical (unpaired) electrons. The molecule has 8 heterocycles. The van der Waals surface area contributed by atoms with Gasteiger partial charge < -0.3 is 54.3 Å². The third-order valence-corrected chi connectivity index (χ3v) is 14.6. The standard InChI is InChI=1S/C28H27ClN8O3.C26H25ClN8O2.C4H6O3/c1-17(38)35-8-10-36(11-9-35)20-6-4-19(5-7-20)32-28-30-15-18-12-23(27-34-31-16-37(27)26(18)33-28)22-13-21(39-2)14-24(40-3)25(22)29;1-36-19-12-20(23(27)22(13-19)37-2)21-11-16-14-29-26(32-24(16)35-15-30-33-25(21)35)31-17-3-5-18(6-4-17)34-9-7-28-8-10-34;1-3(5)7-4(2)6/h4-7,12-16H,8-11H2,1-3H3,(H,30,32,33);3-6,11-15,28H,7-10H2,1-2H3,(H,29,31,32);1-2H3. The second-order valence-corrected chi connectivity index (χ2v) is 19.9. The Balaban J connectivity index is 0.000000169. The van der Waals surface area contributed by atoms with Crippen molar-refractivity contribution in [3.63, 3.8) is 0 Å². The first-order valence-electron chi connectivity index (χ1n) is 26.4. The molecular formula is C58H58Cl2N16O8. The first-order chi connectivity index (χ1) is 40.7. The van der Waals surface area contributed by atoms with Crippen LogP contribution in [0.15, 0.2) is 110 Å². The van der Waals surface area contributed by atoms with Crippen LogP contribution in [0.4, 0.5) is 34.6 Å². The molecule has 3 N–H and O–H groups in total. The van der Waals surface area contributed by atoms with Crippen molar-refractivity contribution in [1.29, 1.82) is 0 Å². The molecule has 0 saturated carbocycles. The van der Waals surface area contributed by atoms with Crippen LogP contribution in [0.3, 0.4) is 0 Å². The smallest absolute Gasteiger partial charge is 0.310 e. The Bertz CT molecular complexity index is 4030. The van der Waals surface area contributed by atoms with E-state index in [0.29, 0.717) is 78.7 Å². The third-order valence-electron chi connectivity index (χ3n) is 13.8. The summed E-state index contributed by atoms with van der Waals surface area (Å²) in [5, 5.41) is 29.4. The molecule has 26 heteroatoms. The van der Waals surface area contributed by atoms with E-state index in [9.17, 15) is 14.4 Å². The number of hydrogen-bond acceptors (Lipinski definition) is 21. The lowest BCUT2D eigenvalue weighted by molar-refractivity contribution is -0.156. The maximum absolute atomic E-state index is 11.6. The Morgan fingerprint density at radius 1 is 0.524 bits per heavy atom. The fourth-order valence-electron chi connectivity index (χ4n) is 9.70. The number of pyridine rings is 2. The largest absolute Gasteiger partial charge is 0.497 e. The fraction of sp³-hybridized carbons (Fsp3) is 0.259. The van der Waals surface area contributed by atoms with Gasteiger partial charge in [-0.2, -0.15) is 9.97 Å². The molecule has 84 heavy (non-hydrogen) atoms. The van der Waals surface area contributed by atoms with Crippen LogP contribution in [-0.4, -0.2) is 153 Å². The van der Waals surface area contributed by atoms with Gasteiger partial charge in [-0.25, -0.2) is 9.97 Å². The van der Waals surface area contributed by atoms with Gasteiger partial charge in [-0.15, -0.1) is 20.4 Å². The number of carbonyl (C=O) groups is 3. The van der Waals surface area contributed by atoms with Crippen molar-refractivity contribution in [2.75, 3.05) is 101 Å². The predicted octanol–water partition coefficient (Wildman–Crippen LogP) is 8.68. The van der Waals surface area contributed by atoms with E-state index in [1.54, 1.807) is 72.5 Å². The number of halogens is 2. The van der Waals surface area contributed by atoms with Crippen LogP contribution >= 0.6 is 23.2 Å². The highest BCUT2D eigenvalue weighted by molar-refractivity contribution is 6.35. The molecule has 12 rings (SSSR count). The molecule has 0 unspecified atom stereocenters. The number of nitrogens with zero attached hydrogens (tertiary/aromatic N) is 13. The van der Waals surface area contributed by atoms with Crippen LogP contribution in [0.25, 0.3) is 55.6 Å². The molecule has 0 spiro atoms. The van der Waals surface area contributed by atoms with Crippen LogP contribution in [-0.2, 0) is 19.1 Å². The van der Waals surface area contributed by atoms with Crippen LogP contribution < -0.4 is 44.7 Å². The van der Waals surface area contributed by atoms with Gasteiger partial charge >= 0.3 is 11.9 Å². The number of nitrogens with one attached hydrogen (secondary N) is 3. The number of fused-ring (bicyclic) bond motifs is 6. The van der Waals surface area contributed by atoms with Crippen molar-refractivity contribution in [3.05, 3.63) is 120 Å². The van der Waals surface area contributed by atoms with Gasteiger partial charge in [0.05, 0.1) is 38.5 Å². The molecule has 0 bridgehead atoms. The molecule has 10 aromatic rings. The molecule has 4 aromatic carbocycles. The molecule has 2 fully saturated rings. The van der Waals surface area contributed by atoms with Gasteiger partial charge in [-0.1, -0.05) is 23.2 Å². The summed E-state index contributed by atoms with van der Waals surface area (Å²) in [4.78, 5) is 56.4. The van der Waals surface area contributed by atoms with Gasteiger partial charge in [0.2, 0.25) is 17.8 Å². The molecule has 432 valence electrons. The first kappa shape index (κ1) is 57.6. The van der Waals surface area contributed by atoms with E-state index in [-0.39, 0.29) is 5.91 Å². The highest BCUT2D eigenvalue weighted by atomic mass is 35.5. The molecular weight excluding hydrogens is 1120 g/mol. The summed E-state index contributed by atoms with van der Waals surface area (Å²) in [7, 11) is 6.31. The summed E-state index contributed by atoms with van der Waals surface area (Å²) in [6.45, 7) is 11.1. The van der Waals surface area contributed by atoms with E-state index in [0.717, 1.165) is 91.3 Å². The first-order valence-corrected chi connectivity index (χ1v) is 27.2. The van der Waals surface area contributed by atoms with Gasteiger partial charge in [0, 0.05) is 153 Å². The Hall–Kier alpha value is -9.65. The zero-order valence-electron chi connectivity index (χ0n) is 46.9. The molecule has 0 aliphatic carbocycles. The van der Waals surface area contributed by atoms with Crippen molar-refractivity contribution in [3.8, 4) is 45.3 Å². The summed E-state index contributed by atoms with van der Waals surface area (Å²) >= 11 is 13.4. The number of benzene rings is 4. The lowest BCUT2D eigenvalue weighted by atomic mass is 10.0. The van der Waals surface area contributed by atoms with Crippen molar-refractivity contribution in [2.24, 2.45) is 0 Å². The summed E-state index contributed by atoms with van der Waals surface area (Å²) in [6.07, 6.45) is 6.77. The molecule has 6 aromatic heterocycles. The number of piperazine rings is 2. The van der Waals surface area contributed by atoms with Crippen LogP contribution in [0.2, 0.25) is 10.0 Å². The number of rotatable bonds is 12. The molecule has 2 saturated heterocycles. The number of methoxy groups -OCH3 is 4. The third kappa shape index (κ3) is 12.7. The van der Waals surface area contributed by atoms with E-state index in [2.05, 4.69) is 85.1 Å². The number of ether oxygens (including phenoxy) is 5. The minimum Gasteiger partial charge on any atom is -0.497 e. The van der Waals surface area contributed by atoms with Gasteiger partial charge in [-0.3, -0.25) is 23.2 Å². The topological polar surface area (TPSA) is 255 Å². The van der Waals surface area contributed by atoms with Crippen LogP contribution in [0.1, 0.15) is 20.8 Å². The minimum absolute atomic E-state index is 0.124. The van der Waals surface area contributed by atoms with E-state index in [4.69, 9.17) is 52.1 Å². The SMILES string of the molecule is CC(=O)OC(C)=O.COc1cc(OC)c(Cl)c(-c2cc3cnc(Nc4ccc(N5CCN(C(C)=O)CC5)cc4)nc3n3cnnc23)c1.COc1cc(OC)c(Cl)c(-c2cc3cnc(Nc4ccc(N5CCNCC5)cc4)nc3n3cnnc23)c1. The fourth-order valence-corrected chi connectivity index (χ4v) is 10.3. The number of carbonyl (C=O) groups excluding carboxylic acids is 3. The van der Waals surface area contributed by atoms with Crippen molar-refractivity contribution in [1.82, 2.24) is 59.3 Å². The highest BCUT2D eigenvalue weighted by Crippen LogP contribution is 2.43. The maximum Gasteiger partial charge on any atom is 0.310 e. The number of hydrogen-bond donors (Lipinski definition) is 3. The zero-order chi connectivity index (χ0) is 59.0. The second-order valence-electron chi connectivity index (χ2n) is 19.2.